The van der Waals surface area contributed by atoms with Gasteiger partial charge in [-0.05, 0) is 52.7 Å². The standard InChI is InChI=1S/C22H28ClN3O3/c1-12(2)26(13(3)4)20(27)16-11-14-10-15(23)18-17(19(14)29-16)22(25-21(28)24-18)8-6-5-7-9-22/h10-13H,5-9H2,1-4H3,(H2,24,25,28). The molecule has 2 heterocycles. The van der Waals surface area contributed by atoms with E-state index < -0.39 is 5.54 Å². The Morgan fingerprint density at radius 1 is 1.14 bits per heavy atom. The second-order valence-electron chi connectivity index (χ2n) is 8.76. The number of urea groups is 1. The lowest BCUT2D eigenvalue weighted by molar-refractivity contribution is 0.0612. The first-order valence-electron chi connectivity index (χ1n) is 10.4. The summed E-state index contributed by atoms with van der Waals surface area (Å²) in [6.45, 7) is 7.98. The molecule has 1 aromatic heterocycles. The Morgan fingerprint density at radius 3 is 2.41 bits per heavy atom. The predicted octanol–water partition coefficient (Wildman–Crippen LogP) is 5.64. The number of hydrogen-bond acceptors (Lipinski definition) is 3. The fraction of sp³-hybridized carbons (Fsp3) is 0.545. The number of carbonyl (C=O) groups excluding carboxylic acids is 2. The van der Waals surface area contributed by atoms with Crippen LogP contribution in [0.2, 0.25) is 5.02 Å². The molecule has 1 spiro atoms. The fourth-order valence-corrected chi connectivity index (χ4v) is 5.24. The van der Waals surface area contributed by atoms with Crippen molar-refractivity contribution in [2.75, 3.05) is 5.32 Å². The minimum absolute atomic E-state index is 0.0545. The maximum absolute atomic E-state index is 13.2. The summed E-state index contributed by atoms with van der Waals surface area (Å²) < 4.78 is 6.19. The SMILES string of the molecule is CC(C)N(C(=O)c1cc2cc(Cl)c3c(c2o1)C1(CCCCC1)NC(=O)N3)C(C)C. The van der Waals surface area contributed by atoms with Crippen LogP contribution >= 0.6 is 11.6 Å². The summed E-state index contributed by atoms with van der Waals surface area (Å²) in [5.74, 6) is 0.163. The van der Waals surface area contributed by atoms with Gasteiger partial charge in [-0.1, -0.05) is 30.9 Å². The Morgan fingerprint density at radius 2 is 1.79 bits per heavy atom. The molecule has 1 aromatic carbocycles. The molecule has 0 unspecified atom stereocenters. The summed E-state index contributed by atoms with van der Waals surface area (Å²) in [6, 6.07) is 3.41. The van der Waals surface area contributed by atoms with Crippen molar-refractivity contribution < 1.29 is 14.0 Å². The van der Waals surface area contributed by atoms with Gasteiger partial charge in [0, 0.05) is 23.0 Å². The second kappa shape index (κ2) is 7.24. The monoisotopic (exact) mass is 417 g/mol. The molecule has 1 aliphatic carbocycles. The van der Waals surface area contributed by atoms with E-state index in [1.54, 1.807) is 12.1 Å². The Kier molecular flexibility index (Phi) is 5.01. The first-order valence-corrected chi connectivity index (χ1v) is 10.8. The highest BCUT2D eigenvalue weighted by molar-refractivity contribution is 6.35. The first-order chi connectivity index (χ1) is 13.7. The van der Waals surface area contributed by atoms with Gasteiger partial charge in [-0.15, -0.1) is 0 Å². The van der Waals surface area contributed by atoms with Gasteiger partial charge in [0.25, 0.3) is 5.91 Å². The molecule has 2 aromatic rings. The van der Waals surface area contributed by atoms with Crippen molar-refractivity contribution in [2.24, 2.45) is 0 Å². The number of hydrogen-bond donors (Lipinski definition) is 2. The third-order valence-corrected chi connectivity index (χ3v) is 6.39. The van der Waals surface area contributed by atoms with E-state index in [1.807, 2.05) is 32.6 Å². The number of halogens is 1. The third-order valence-electron chi connectivity index (χ3n) is 6.09. The van der Waals surface area contributed by atoms with Gasteiger partial charge in [-0.3, -0.25) is 4.79 Å². The second-order valence-corrected chi connectivity index (χ2v) is 9.17. The summed E-state index contributed by atoms with van der Waals surface area (Å²) in [6.07, 6.45) is 4.85. The largest absolute Gasteiger partial charge is 0.450 e. The van der Waals surface area contributed by atoms with E-state index in [4.69, 9.17) is 16.0 Å². The molecule has 3 amide bonds. The zero-order valence-electron chi connectivity index (χ0n) is 17.4. The molecule has 2 aliphatic rings. The van der Waals surface area contributed by atoms with Crippen molar-refractivity contribution in [3.05, 3.63) is 28.5 Å². The van der Waals surface area contributed by atoms with Crippen LogP contribution in [0.5, 0.6) is 0 Å². The van der Waals surface area contributed by atoms with Gasteiger partial charge in [0.1, 0.15) is 5.58 Å². The van der Waals surface area contributed by atoms with Crippen molar-refractivity contribution >= 4 is 40.2 Å². The zero-order chi connectivity index (χ0) is 20.9. The topological polar surface area (TPSA) is 74.6 Å². The van der Waals surface area contributed by atoms with Crippen LogP contribution in [0.4, 0.5) is 10.5 Å². The molecule has 7 heteroatoms. The normalized spacial score (nSPS) is 18.1. The summed E-state index contributed by atoms with van der Waals surface area (Å²) >= 11 is 6.56. The van der Waals surface area contributed by atoms with E-state index in [2.05, 4.69) is 10.6 Å². The third kappa shape index (κ3) is 3.27. The van der Waals surface area contributed by atoms with Gasteiger partial charge in [0.05, 0.1) is 16.2 Å². The molecule has 0 bridgehead atoms. The van der Waals surface area contributed by atoms with Crippen LogP contribution in [0, 0.1) is 0 Å². The highest BCUT2D eigenvalue weighted by Crippen LogP contribution is 2.49. The molecular weight excluding hydrogens is 390 g/mol. The maximum Gasteiger partial charge on any atom is 0.319 e. The van der Waals surface area contributed by atoms with Crippen molar-refractivity contribution in [1.29, 1.82) is 0 Å². The Bertz CT molecular complexity index is 965. The van der Waals surface area contributed by atoms with Crippen LogP contribution in [0.25, 0.3) is 11.0 Å². The lowest BCUT2D eigenvalue weighted by Gasteiger charge is -2.42. The van der Waals surface area contributed by atoms with Crippen molar-refractivity contribution in [3.8, 4) is 0 Å². The maximum atomic E-state index is 13.2. The molecule has 1 saturated carbocycles. The number of anilines is 1. The van der Waals surface area contributed by atoms with Gasteiger partial charge in [0.15, 0.2) is 5.76 Å². The summed E-state index contributed by atoms with van der Waals surface area (Å²) in [4.78, 5) is 27.4. The Balaban J connectivity index is 1.90. The molecule has 1 fully saturated rings. The van der Waals surface area contributed by atoms with Crippen LogP contribution in [0.1, 0.15) is 75.9 Å². The average molecular weight is 418 g/mol. The molecular formula is C22H28ClN3O3. The minimum atomic E-state index is -0.507. The molecule has 29 heavy (non-hydrogen) atoms. The molecule has 0 saturated heterocycles. The van der Waals surface area contributed by atoms with Gasteiger partial charge in [0.2, 0.25) is 0 Å². The van der Waals surface area contributed by atoms with Crippen molar-refractivity contribution in [2.45, 2.75) is 77.4 Å². The van der Waals surface area contributed by atoms with Gasteiger partial charge >= 0.3 is 6.03 Å². The number of furan rings is 1. The first kappa shape index (κ1) is 20.1. The molecule has 4 rings (SSSR count). The average Bonchev–Trinajstić information content (AvgIpc) is 3.05. The van der Waals surface area contributed by atoms with E-state index >= 15 is 0 Å². The molecule has 156 valence electrons. The highest BCUT2D eigenvalue weighted by Gasteiger charge is 2.44. The number of fused-ring (bicyclic) bond motifs is 4. The van der Waals surface area contributed by atoms with Crippen LogP contribution in [-0.4, -0.2) is 28.9 Å². The number of carbonyl (C=O) groups is 2. The highest BCUT2D eigenvalue weighted by atomic mass is 35.5. The minimum Gasteiger partial charge on any atom is -0.450 e. The fourth-order valence-electron chi connectivity index (χ4n) is 4.98. The zero-order valence-corrected chi connectivity index (χ0v) is 18.2. The van der Waals surface area contributed by atoms with Gasteiger partial charge in [-0.2, -0.15) is 0 Å². The number of nitrogens with zero attached hydrogens (tertiary/aromatic N) is 1. The van der Waals surface area contributed by atoms with E-state index in [1.165, 1.54) is 0 Å². The molecule has 2 N–H and O–H groups in total. The van der Waals surface area contributed by atoms with Crippen LogP contribution < -0.4 is 10.6 Å². The van der Waals surface area contributed by atoms with Gasteiger partial charge in [-0.25, -0.2) is 4.79 Å². The lowest BCUT2D eigenvalue weighted by atomic mass is 9.74. The number of amides is 3. The summed E-state index contributed by atoms with van der Waals surface area (Å²) in [7, 11) is 0. The van der Waals surface area contributed by atoms with E-state index in [-0.39, 0.29) is 24.0 Å². The van der Waals surface area contributed by atoms with E-state index in [9.17, 15) is 9.59 Å². The Labute approximate surface area is 175 Å². The molecule has 1 aliphatic heterocycles. The van der Waals surface area contributed by atoms with Crippen molar-refractivity contribution in [3.63, 3.8) is 0 Å². The smallest absolute Gasteiger partial charge is 0.319 e. The number of nitrogens with one attached hydrogen (secondary N) is 2. The van der Waals surface area contributed by atoms with Crippen LogP contribution in [0.15, 0.2) is 16.5 Å². The van der Waals surface area contributed by atoms with E-state index in [0.29, 0.717) is 22.1 Å². The molecule has 0 radical (unpaired) electrons. The summed E-state index contributed by atoms with van der Waals surface area (Å²) in [5, 5.41) is 7.25. The van der Waals surface area contributed by atoms with Gasteiger partial charge < -0.3 is 20.0 Å². The predicted molar refractivity (Wildman–Crippen MR) is 115 cm³/mol. The van der Waals surface area contributed by atoms with Crippen LogP contribution in [0.3, 0.4) is 0 Å². The quantitative estimate of drug-likeness (QED) is 0.678. The van der Waals surface area contributed by atoms with Crippen molar-refractivity contribution in [1.82, 2.24) is 10.2 Å². The van der Waals surface area contributed by atoms with E-state index in [0.717, 1.165) is 43.1 Å². The Hall–Kier alpha value is -2.21. The molecule has 6 nitrogen and oxygen atoms in total. The van der Waals surface area contributed by atoms with Crippen LogP contribution in [-0.2, 0) is 5.54 Å². The number of benzene rings is 1. The summed E-state index contributed by atoms with van der Waals surface area (Å²) in [5.41, 5.74) is 1.60. The number of rotatable bonds is 3. The molecule has 0 atom stereocenters. The lowest BCUT2D eigenvalue weighted by Crippen LogP contribution is -2.52.